The van der Waals surface area contributed by atoms with Crippen molar-refractivity contribution in [3.8, 4) is 10.7 Å². The highest BCUT2D eigenvalue weighted by Crippen LogP contribution is 2.24. The van der Waals surface area contributed by atoms with E-state index in [1.54, 1.807) is 15.9 Å². The topological polar surface area (TPSA) is 76.4 Å². The first kappa shape index (κ1) is 17.3. The summed E-state index contributed by atoms with van der Waals surface area (Å²) in [4.78, 5) is 5.86. The summed E-state index contributed by atoms with van der Waals surface area (Å²) in [7, 11) is -3.89. The molecule has 0 bridgehead atoms. The molecule has 0 spiro atoms. The smallest absolute Gasteiger partial charge is 0.211 e. The standard InChI is InChI=1S/C16H13FN4O2S3/c17-12-4-1-2-6-14(12)26(22,23)18-8-7-11-10-25-16-19-15(20-21(11)16)13-5-3-9-24-13/h1-6,9-10,18H,7-8H2. The molecule has 3 aromatic heterocycles. The highest BCUT2D eigenvalue weighted by atomic mass is 32.2. The Morgan fingerprint density at radius 1 is 1.15 bits per heavy atom. The number of rotatable bonds is 6. The number of benzene rings is 1. The molecule has 4 rings (SSSR count). The third-order valence-corrected chi connectivity index (χ3v) is 6.92. The molecule has 6 nitrogen and oxygen atoms in total. The quantitative estimate of drug-likeness (QED) is 0.532. The van der Waals surface area contributed by atoms with Gasteiger partial charge in [-0.3, -0.25) is 0 Å². The minimum Gasteiger partial charge on any atom is -0.211 e. The number of nitrogens with one attached hydrogen (secondary N) is 1. The largest absolute Gasteiger partial charge is 0.243 e. The number of aromatic nitrogens is 3. The molecule has 134 valence electrons. The van der Waals surface area contributed by atoms with Crippen molar-refractivity contribution in [3.05, 3.63) is 58.7 Å². The van der Waals surface area contributed by atoms with E-state index in [0.29, 0.717) is 12.2 Å². The van der Waals surface area contributed by atoms with E-state index < -0.39 is 15.8 Å². The molecule has 0 aliphatic rings. The Bertz CT molecular complexity index is 1150. The van der Waals surface area contributed by atoms with Gasteiger partial charge in [0.2, 0.25) is 15.0 Å². The van der Waals surface area contributed by atoms with E-state index in [1.165, 1.54) is 29.5 Å². The first-order valence-electron chi connectivity index (χ1n) is 7.66. The van der Waals surface area contributed by atoms with Crippen molar-refractivity contribution in [2.24, 2.45) is 0 Å². The maximum Gasteiger partial charge on any atom is 0.243 e. The Balaban J connectivity index is 1.49. The fourth-order valence-corrected chi connectivity index (χ4v) is 5.08. The van der Waals surface area contributed by atoms with E-state index >= 15 is 0 Å². The van der Waals surface area contributed by atoms with Crippen LogP contribution in [0.2, 0.25) is 0 Å². The normalized spacial score (nSPS) is 12.0. The number of hydrogen-bond donors (Lipinski definition) is 1. The van der Waals surface area contributed by atoms with Crippen LogP contribution < -0.4 is 4.72 Å². The van der Waals surface area contributed by atoms with E-state index in [2.05, 4.69) is 14.8 Å². The third kappa shape index (κ3) is 3.28. The molecule has 0 saturated carbocycles. The van der Waals surface area contributed by atoms with Gasteiger partial charge in [-0.2, -0.15) is 4.98 Å². The van der Waals surface area contributed by atoms with Crippen LogP contribution in [0.25, 0.3) is 15.7 Å². The summed E-state index contributed by atoms with van der Waals surface area (Å²) in [5.74, 6) is -0.116. The van der Waals surface area contributed by atoms with Gasteiger partial charge in [0.1, 0.15) is 10.7 Å². The third-order valence-electron chi connectivity index (χ3n) is 3.69. The second-order valence-electron chi connectivity index (χ2n) is 5.41. The van der Waals surface area contributed by atoms with Gasteiger partial charge in [-0.05, 0) is 23.6 Å². The Morgan fingerprint density at radius 2 is 2.00 bits per heavy atom. The summed E-state index contributed by atoms with van der Waals surface area (Å²) in [6, 6.07) is 9.19. The average molecular weight is 409 g/mol. The van der Waals surface area contributed by atoms with Gasteiger partial charge in [-0.15, -0.1) is 27.8 Å². The molecule has 3 heterocycles. The lowest BCUT2D eigenvalue weighted by Crippen LogP contribution is -2.27. The van der Waals surface area contributed by atoms with E-state index in [0.717, 1.165) is 21.6 Å². The average Bonchev–Trinajstić information content (AvgIpc) is 3.32. The van der Waals surface area contributed by atoms with E-state index in [-0.39, 0.29) is 11.4 Å². The van der Waals surface area contributed by atoms with Crippen molar-refractivity contribution >= 4 is 37.7 Å². The molecule has 0 atom stereocenters. The molecule has 0 fully saturated rings. The molecular weight excluding hydrogens is 395 g/mol. The second-order valence-corrected chi connectivity index (χ2v) is 8.93. The van der Waals surface area contributed by atoms with E-state index in [9.17, 15) is 12.8 Å². The maximum absolute atomic E-state index is 13.7. The maximum atomic E-state index is 13.7. The molecule has 26 heavy (non-hydrogen) atoms. The predicted molar refractivity (Wildman–Crippen MR) is 99.5 cm³/mol. The lowest BCUT2D eigenvalue weighted by Gasteiger charge is -2.07. The summed E-state index contributed by atoms with van der Waals surface area (Å²) in [5, 5.41) is 8.35. The van der Waals surface area contributed by atoms with Gasteiger partial charge in [0.25, 0.3) is 0 Å². The molecule has 0 radical (unpaired) electrons. The van der Waals surface area contributed by atoms with Gasteiger partial charge in [-0.1, -0.05) is 18.2 Å². The van der Waals surface area contributed by atoms with E-state index in [4.69, 9.17) is 0 Å². The molecule has 10 heteroatoms. The number of halogens is 1. The Labute approximate surface area is 157 Å². The van der Waals surface area contributed by atoms with Crippen molar-refractivity contribution in [1.29, 1.82) is 0 Å². The molecule has 0 aliphatic heterocycles. The summed E-state index contributed by atoms with van der Waals surface area (Å²) in [6.45, 7) is 0.136. The van der Waals surface area contributed by atoms with Crippen LogP contribution in [0.1, 0.15) is 5.69 Å². The summed E-state index contributed by atoms with van der Waals surface area (Å²) < 4.78 is 42.3. The fraction of sp³-hybridized carbons (Fsp3) is 0.125. The Morgan fingerprint density at radius 3 is 2.77 bits per heavy atom. The summed E-state index contributed by atoms with van der Waals surface area (Å²) in [6.07, 6.45) is 0.418. The Hall–Kier alpha value is -2.14. The van der Waals surface area contributed by atoms with Gasteiger partial charge in [0.15, 0.2) is 5.82 Å². The van der Waals surface area contributed by atoms with Crippen LogP contribution in [0.4, 0.5) is 4.39 Å². The van der Waals surface area contributed by atoms with Gasteiger partial charge in [0, 0.05) is 18.3 Å². The zero-order valence-electron chi connectivity index (χ0n) is 13.3. The fourth-order valence-electron chi connectivity index (χ4n) is 2.46. The lowest BCUT2D eigenvalue weighted by atomic mass is 10.3. The first-order chi connectivity index (χ1) is 12.5. The molecule has 1 aromatic carbocycles. The molecule has 0 saturated heterocycles. The number of thiophene rings is 1. The van der Waals surface area contributed by atoms with Crippen LogP contribution in [0.5, 0.6) is 0 Å². The summed E-state index contributed by atoms with van der Waals surface area (Å²) in [5.41, 5.74) is 0.844. The lowest BCUT2D eigenvalue weighted by molar-refractivity contribution is 0.556. The van der Waals surface area contributed by atoms with Crippen molar-refractivity contribution in [1.82, 2.24) is 19.3 Å². The number of fused-ring (bicyclic) bond motifs is 1. The molecule has 0 aliphatic carbocycles. The molecule has 4 aromatic rings. The Kier molecular flexibility index (Phi) is 4.57. The highest BCUT2D eigenvalue weighted by molar-refractivity contribution is 7.89. The molecule has 1 N–H and O–H groups in total. The van der Waals surface area contributed by atoms with Crippen LogP contribution in [0, 0.1) is 5.82 Å². The minimum absolute atomic E-state index is 0.136. The van der Waals surface area contributed by atoms with Crippen LogP contribution in [-0.2, 0) is 16.4 Å². The van der Waals surface area contributed by atoms with Crippen LogP contribution in [0.3, 0.4) is 0 Å². The van der Waals surface area contributed by atoms with Gasteiger partial charge in [0.05, 0.1) is 10.6 Å². The van der Waals surface area contributed by atoms with Crippen molar-refractivity contribution in [2.75, 3.05) is 6.54 Å². The molecule has 0 amide bonds. The highest BCUT2D eigenvalue weighted by Gasteiger charge is 2.18. The van der Waals surface area contributed by atoms with Crippen molar-refractivity contribution in [2.45, 2.75) is 11.3 Å². The number of thiazole rings is 1. The molecular formula is C16H13FN4O2S3. The number of hydrogen-bond acceptors (Lipinski definition) is 6. The predicted octanol–water partition coefficient (Wildman–Crippen LogP) is 3.18. The second kappa shape index (κ2) is 6.88. The zero-order valence-corrected chi connectivity index (χ0v) is 15.7. The molecule has 0 unspecified atom stereocenters. The van der Waals surface area contributed by atoms with Gasteiger partial charge >= 0.3 is 0 Å². The van der Waals surface area contributed by atoms with Crippen LogP contribution >= 0.6 is 22.7 Å². The van der Waals surface area contributed by atoms with Gasteiger partial charge < -0.3 is 0 Å². The van der Waals surface area contributed by atoms with Crippen LogP contribution in [0.15, 0.2) is 52.1 Å². The van der Waals surface area contributed by atoms with Crippen LogP contribution in [-0.4, -0.2) is 29.6 Å². The number of nitrogens with zero attached hydrogens (tertiary/aromatic N) is 3. The van der Waals surface area contributed by atoms with Gasteiger partial charge in [-0.25, -0.2) is 22.0 Å². The van der Waals surface area contributed by atoms with Crippen molar-refractivity contribution in [3.63, 3.8) is 0 Å². The monoisotopic (exact) mass is 408 g/mol. The summed E-state index contributed by atoms with van der Waals surface area (Å²) >= 11 is 3.01. The van der Waals surface area contributed by atoms with Crippen molar-refractivity contribution < 1.29 is 12.8 Å². The SMILES string of the molecule is O=S(=O)(NCCc1csc2nc(-c3cccs3)nn12)c1ccccc1F. The first-order valence-corrected chi connectivity index (χ1v) is 10.9. The van der Waals surface area contributed by atoms with E-state index in [1.807, 2.05) is 22.9 Å². The number of sulfonamides is 1. The zero-order chi connectivity index (χ0) is 18.1. The minimum atomic E-state index is -3.89.